The lowest BCUT2D eigenvalue weighted by Crippen LogP contribution is -2.55. The number of aliphatic carboxylic acids is 1. The van der Waals surface area contributed by atoms with Crippen LogP contribution >= 0.6 is 12.6 Å². The lowest BCUT2D eigenvalue weighted by Gasteiger charge is -2.30. The van der Waals surface area contributed by atoms with E-state index in [9.17, 15) is 29.4 Å². The second kappa shape index (κ2) is 13.3. The predicted molar refractivity (Wildman–Crippen MR) is 161 cm³/mol. The Kier molecular flexibility index (Phi) is 9.60. The van der Waals surface area contributed by atoms with Gasteiger partial charge in [0.25, 0.3) is 5.91 Å². The van der Waals surface area contributed by atoms with E-state index in [1.165, 1.54) is 24.1 Å². The lowest BCUT2D eigenvalue weighted by atomic mass is 10.0. The summed E-state index contributed by atoms with van der Waals surface area (Å²) in [7, 11) is 1.41. The van der Waals surface area contributed by atoms with Crippen molar-refractivity contribution in [3.8, 4) is 5.75 Å². The zero-order valence-electron chi connectivity index (χ0n) is 22.8. The van der Waals surface area contributed by atoms with Crippen molar-refractivity contribution >= 4 is 47.7 Å². The summed E-state index contributed by atoms with van der Waals surface area (Å²) < 4.78 is 0. The fourth-order valence-electron chi connectivity index (χ4n) is 4.57. The molecule has 0 radical (unpaired) electrons. The molecule has 1 heterocycles. The van der Waals surface area contributed by atoms with Gasteiger partial charge in [-0.15, -0.1) is 0 Å². The monoisotopic (exact) mass is 589 g/mol. The van der Waals surface area contributed by atoms with Gasteiger partial charge in [0.1, 0.15) is 18.3 Å². The highest BCUT2D eigenvalue weighted by Crippen LogP contribution is 2.29. The number of amides is 3. The number of phenols is 1. The van der Waals surface area contributed by atoms with Crippen LogP contribution in [-0.2, 0) is 25.6 Å². The molecule has 1 aliphatic rings. The number of nitrogens with zero attached hydrogens (tertiary/aromatic N) is 3. The number of para-hydroxylation sites is 1. The van der Waals surface area contributed by atoms with E-state index in [0.717, 1.165) is 4.90 Å². The van der Waals surface area contributed by atoms with Gasteiger partial charge in [-0.25, -0.2) is 9.79 Å². The van der Waals surface area contributed by atoms with Crippen molar-refractivity contribution in [2.45, 2.75) is 24.7 Å². The van der Waals surface area contributed by atoms with Gasteiger partial charge in [0, 0.05) is 30.3 Å². The number of carbonyl (C=O) groups excluding carboxylic acids is 3. The second-order valence-corrected chi connectivity index (χ2v) is 10.1. The molecule has 0 spiro atoms. The molecule has 3 amide bonds. The van der Waals surface area contributed by atoms with E-state index in [0.29, 0.717) is 28.1 Å². The van der Waals surface area contributed by atoms with Gasteiger partial charge in [-0.2, -0.15) is 12.6 Å². The predicted octanol–water partition coefficient (Wildman–Crippen LogP) is 1.43. The van der Waals surface area contributed by atoms with E-state index < -0.39 is 48.5 Å². The average molecular weight is 590 g/mol. The van der Waals surface area contributed by atoms with E-state index >= 15 is 0 Å². The number of hydrogen-bond acceptors (Lipinski definition) is 8. The van der Waals surface area contributed by atoms with Crippen LogP contribution in [0.2, 0.25) is 0 Å². The van der Waals surface area contributed by atoms with E-state index in [4.69, 9.17) is 10.7 Å². The zero-order chi connectivity index (χ0) is 30.4. The van der Waals surface area contributed by atoms with Crippen LogP contribution in [0.3, 0.4) is 0 Å². The number of hydrogen-bond donors (Lipinski definition) is 5. The van der Waals surface area contributed by atoms with Crippen molar-refractivity contribution in [3.05, 3.63) is 95.6 Å². The van der Waals surface area contributed by atoms with Gasteiger partial charge in [-0.05, 0) is 23.8 Å². The van der Waals surface area contributed by atoms with Crippen LogP contribution in [-0.4, -0.2) is 82.1 Å². The fraction of sp³-hybridized carbons (Fsp3) is 0.233. The maximum Gasteiger partial charge on any atom is 0.326 e. The van der Waals surface area contributed by atoms with Crippen LogP contribution in [0.4, 0.5) is 5.69 Å². The van der Waals surface area contributed by atoms with E-state index in [1.54, 1.807) is 36.4 Å². The number of anilines is 1. The summed E-state index contributed by atoms with van der Waals surface area (Å²) in [5.41, 5.74) is 8.55. The van der Waals surface area contributed by atoms with Crippen molar-refractivity contribution in [1.29, 1.82) is 0 Å². The third kappa shape index (κ3) is 6.78. The number of phenolic OH excluding ortho intramolecular Hbond substituents is 1. The van der Waals surface area contributed by atoms with Crippen LogP contribution in [0, 0.1) is 0 Å². The number of carboxylic acids is 1. The molecule has 5 N–H and O–H groups in total. The summed E-state index contributed by atoms with van der Waals surface area (Å²) in [5, 5.41) is 21.8. The quantitative estimate of drug-likeness (QED) is 0.223. The third-order valence-electron chi connectivity index (χ3n) is 6.78. The number of nitrogens with two attached hydrogens (primary N) is 1. The molecule has 0 fully saturated rings. The SMILES string of the molecule is CN(C(=O)C(N)CS)C1N=C(c2ccccc2)c2ccccc2N(CC(=O)N[C@@H](Cc2ccc(O)cc2)C(=O)O)C1=O. The topological polar surface area (TPSA) is 166 Å². The Morgan fingerprint density at radius 2 is 1.69 bits per heavy atom. The average Bonchev–Trinajstić information content (AvgIpc) is 3.11. The Morgan fingerprint density at radius 3 is 2.33 bits per heavy atom. The molecule has 3 aromatic carbocycles. The molecule has 0 aliphatic carbocycles. The van der Waals surface area contributed by atoms with Gasteiger partial charge in [0.2, 0.25) is 18.0 Å². The molecule has 4 rings (SSSR count). The Morgan fingerprint density at radius 1 is 1.05 bits per heavy atom. The minimum absolute atomic E-state index is 0.0263. The maximum atomic E-state index is 14.1. The molecule has 3 atom stereocenters. The standard InChI is InChI=1S/C30H31N5O6S/c1-34(28(38)22(31)17-42)27-29(39)35(16-25(37)32-23(30(40)41)15-18-11-13-20(36)14-12-18)24-10-6-5-9-21(24)26(33-27)19-7-3-2-4-8-19/h2-14,22-23,27,36,42H,15-17,31H2,1H3,(H,32,37)(H,40,41)/t22?,23-,27?/m0/s1. The van der Waals surface area contributed by atoms with Crippen LogP contribution < -0.4 is 16.0 Å². The van der Waals surface area contributed by atoms with Crippen LogP contribution in [0.15, 0.2) is 83.9 Å². The molecular formula is C30H31N5O6S. The van der Waals surface area contributed by atoms with Gasteiger partial charge in [-0.3, -0.25) is 19.3 Å². The number of rotatable bonds is 10. The van der Waals surface area contributed by atoms with Gasteiger partial charge in [-0.1, -0.05) is 60.7 Å². The van der Waals surface area contributed by atoms with Crippen LogP contribution in [0.5, 0.6) is 5.75 Å². The Hall–Kier alpha value is -4.68. The highest BCUT2D eigenvalue weighted by atomic mass is 32.1. The van der Waals surface area contributed by atoms with Gasteiger partial charge >= 0.3 is 5.97 Å². The fourth-order valence-corrected chi connectivity index (χ4v) is 4.72. The molecule has 3 aromatic rings. The summed E-state index contributed by atoms with van der Waals surface area (Å²) in [5.74, 6) is -3.15. The molecule has 42 heavy (non-hydrogen) atoms. The van der Waals surface area contributed by atoms with Crippen molar-refractivity contribution < 1.29 is 29.4 Å². The number of likely N-dealkylation sites (N-methyl/N-ethyl adjacent to an activating group) is 1. The number of benzene rings is 3. The first-order chi connectivity index (χ1) is 20.1. The van der Waals surface area contributed by atoms with E-state index in [1.807, 2.05) is 30.3 Å². The molecule has 218 valence electrons. The first-order valence-electron chi connectivity index (χ1n) is 13.1. The first-order valence-corrected chi connectivity index (χ1v) is 13.7. The van der Waals surface area contributed by atoms with Gasteiger partial charge in [0.15, 0.2) is 0 Å². The Bertz CT molecular complexity index is 1500. The number of nitrogens with one attached hydrogen (secondary N) is 1. The number of aromatic hydroxyl groups is 1. The number of aliphatic imine (C=N–C) groups is 1. The summed E-state index contributed by atoms with van der Waals surface area (Å²) in [4.78, 5) is 59.5. The number of carbonyl (C=O) groups is 4. The summed E-state index contributed by atoms with van der Waals surface area (Å²) in [6.07, 6.45) is -1.42. The second-order valence-electron chi connectivity index (χ2n) is 9.73. The molecule has 0 aromatic heterocycles. The highest BCUT2D eigenvalue weighted by molar-refractivity contribution is 7.80. The summed E-state index contributed by atoms with van der Waals surface area (Å²) in [6, 6.07) is 19.7. The number of fused-ring (bicyclic) bond motifs is 1. The normalized spacial score (nSPS) is 16.0. The molecule has 11 nitrogen and oxygen atoms in total. The van der Waals surface area contributed by atoms with Crippen LogP contribution in [0.25, 0.3) is 0 Å². The van der Waals surface area contributed by atoms with Crippen molar-refractivity contribution in [1.82, 2.24) is 10.2 Å². The van der Waals surface area contributed by atoms with Crippen molar-refractivity contribution in [2.24, 2.45) is 10.7 Å². The minimum Gasteiger partial charge on any atom is -0.508 e. The molecule has 12 heteroatoms. The van der Waals surface area contributed by atoms with Crippen LogP contribution in [0.1, 0.15) is 16.7 Å². The molecule has 0 saturated carbocycles. The first kappa shape index (κ1) is 30.3. The molecular weight excluding hydrogens is 558 g/mol. The van der Waals surface area contributed by atoms with Gasteiger partial charge < -0.3 is 26.2 Å². The van der Waals surface area contributed by atoms with E-state index in [-0.39, 0.29) is 17.9 Å². The molecule has 0 bridgehead atoms. The molecule has 0 saturated heterocycles. The largest absolute Gasteiger partial charge is 0.508 e. The number of thiol groups is 1. The van der Waals surface area contributed by atoms with Crippen molar-refractivity contribution in [2.75, 3.05) is 24.2 Å². The number of carboxylic acid groups (broad SMARTS) is 1. The molecule has 1 aliphatic heterocycles. The smallest absolute Gasteiger partial charge is 0.326 e. The van der Waals surface area contributed by atoms with Gasteiger partial charge in [0.05, 0.1) is 17.4 Å². The zero-order valence-corrected chi connectivity index (χ0v) is 23.6. The molecule has 2 unspecified atom stereocenters. The Labute approximate surface area is 248 Å². The summed E-state index contributed by atoms with van der Waals surface area (Å²) >= 11 is 4.11. The lowest BCUT2D eigenvalue weighted by molar-refractivity contribution is -0.141. The maximum absolute atomic E-state index is 14.1. The minimum atomic E-state index is -1.37. The summed E-state index contributed by atoms with van der Waals surface area (Å²) in [6.45, 7) is -0.538. The van der Waals surface area contributed by atoms with E-state index in [2.05, 4.69) is 17.9 Å². The Balaban J connectivity index is 1.70. The third-order valence-corrected chi connectivity index (χ3v) is 7.17. The van der Waals surface area contributed by atoms with Crippen molar-refractivity contribution in [3.63, 3.8) is 0 Å². The number of benzodiazepines with no additional fused rings is 1. The highest BCUT2D eigenvalue weighted by Gasteiger charge is 2.38.